The smallest absolute Gasteiger partial charge is 0.307 e. The van der Waals surface area contributed by atoms with Gasteiger partial charge in [-0.2, -0.15) is 0 Å². The van der Waals surface area contributed by atoms with Gasteiger partial charge in [0.25, 0.3) is 0 Å². The van der Waals surface area contributed by atoms with E-state index in [1.807, 2.05) is 19.1 Å². The molecular formula is C19H27N3O2. The highest BCUT2D eigenvalue weighted by atomic mass is 16.4. The largest absolute Gasteiger partial charge is 0.481 e. The lowest BCUT2D eigenvalue weighted by Gasteiger charge is -2.40. The number of carbonyl (C=O) groups is 1. The van der Waals surface area contributed by atoms with Gasteiger partial charge in [0.1, 0.15) is 0 Å². The van der Waals surface area contributed by atoms with Gasteiger partial charge in [0.2, 0.25) is 5.95 Å². The summed E-state index contributed by atoms with van der Waals surface area (Å²) >= 11 is 0. The first kappa shape index (κ1) is 16.8. The quantitative estimate of drug-likeness (QED) is 0.893. The second-order valence-corrected chi connectivity index (χ2v) is 8.25. The Morgan fingerprint density at radius 2 is 2.12 bits per heavy atom. The minimum absolute atomic E-state index is 0.0159. The van der Waals surface area contributed by atoms with Crippen molar-refractivity contribution in [3.63, 3.8) is 0 Å². The molecule has 1 fully saturated rings. The monoisotopic (exact) mass is 329 g/mol. The zero-order valence-corrected chi connectivity index (χ0v) is 15.0. The molecule has 5 nitrogen and oxygen atoms in total. The number of anilines is 1. The zero-order valence-electron chi connectivity index (χ0n) is 15.0. The summed E-state index contributed by atoms with van der Waals surface area (Å²) in [7, 11) is 0. The molecule has 0 aliphatic heterocycles. The Labute approximate surface area is 142 Å². The van der Waals surface area contributed by atoms with E-state index in [1.165, 1.54) is 6.42 Å². The predicted octanol–water partition coefficient (Wildman–Crippen LogP) is 3.94. The molecular weight excluding hydrogens is 302 g/mol. The van der Waals surface area contributed by atoms with Crippen LogP contribution in [0, 0.1) is 18.3 Å². The van der Waals surface area contributed by atoms with Gasteiger partial charge in [0.05, 0.1) is 17.5 Å². The van der Waals surface area contributed by atoms with Crippen LogP contribution >= 0.6 is 0 Å². The minimum atomic E-state index is -0.826. The Morgan fingerprint density at radius 3 is 2.75 bits per heavy atom. The predicted molar refractivity (Wildman–Crippen MR) is 96.1 cm³/mol. The number of carboxylic acid groups (broad SMARTS) is 1. The van der Waals surface area contributed by atoms with E-state index >= 15 is 0 Å². The third-order valence-corrected chi connectivity index (χ3v) is 5.25. The molecule has 0 amide bonds. The van der Waals surface area contributed by atoms with E-state index < -0.39 is 5.97 Å². The highest BCUT2D eigenvalue weighted by molar-refractivity contribution is 5.82. The number of benzene rings is 1. The second kappa shape index (κ2) is 5.80. The van der Waals surface area contributed by atoms with E-state index in [0.29, 0.717) is 23.3 Å². The van der Waals surface area contributed by atoms with Crippen LogP contribution in [0.4, 0.5) is 5.95 Å². The number of aryl methyl sites for hydroxylation is 1. The van der Waals surface area contributed by atoms with Gasteiger partial charge in [-0.25, -0.2) is 4.98 Å². The number of rotatable bonds is 3. The number of aliphatic carboxylic acids is 1. The van der Waals surface area contributed by atoms with Crippen LogP contribution in [0.1, 0.15) is 57.2 Å². The molecule has 2 aromatic rings. The molecule has 1 aromatic heterocycles. The van der Waals surface area contributed by atoms with Crippen molar-refractivity contribution in [3.8, 4) is 0 Å². The average Bonchev–Trinajstić information content (AvgIpc) is 2.71. The molecule has 3 N–H and O–H groups in total. The maximum absolute atomic E-state index is 11.0. The van der Waals surface area contributed by atoms with Crippen LogP contribution in [0.2, 0.25) is 0 Å². The van der Waals surface area contributed by atoms with E-state index in [9.17, 15) is 4.79 Å². The SMILES string of the molecule is Cc1cc2c(cc1CC(=O)O)nc(N)n2[C@H]1C[C@@H](C)CC(C)(C)C1. The van der Waals surface area contributed by atoms with E-state index in [1.54, 1.807) is 0 Å². The van der Waals surface area contributed by atoms with Crippen LogP contribution in [-0.2, 0) is 11.2 Å². The topological polar surface area (TPSA) is 81.1 Å². The summed E-state index contributed by atoms with van der Waals surface area (Å²) in [6.07, 6.45) is 3.44. The van der Waals surface area contributed by atoms with Crippen molar-refractivity contribution < 1.29 is 9.90 Å². The summed E-state index contributed by atoms with van der Waals surface area (Å²) < 4.78 is 2.17. The number of carboxylic acids is 1. The van der Waals surface area contributed by atoms with Crippen LogP contribution in [0.5, 0.6) is 0 Å². The summed E-state index contributed by atoms with van der Waals surface area (Å²) in [5.74, 6) is 0.363. The van der Waals surface area contributed by atoms with Crippen molar-refractivity contribution in [2.45, 2.75) is 59.4 Å². The minimum Gasteiger partial charge on any atom is -0.481 e. The Morgan fingerprint density at radius 1 is 1.42 bits per heavy atom. The van der Waals surface area contributed by atoms with Crippen LogP contribution in [0.15, 0.2) is 12.1 Å². The van der Waals surface area contributed by atoms with Gasteiger partial charge in [0.15, 0.2) is 0 Å². The number of hydrogen-bond acceptors (Lipinski definition) is 3. The number of fused-ring (bicyclic) bond motifs is 1. The molecule has 1 aromatic carbocycles. The Hall–Kier alpha value is -2.04. The number of nitrogen functional groups attached to an aromatic ring is 1. The van der Waals surface area contributed by atoms with Gasteiger partial charge in [-0.1, -0.05) is 20.8 Å². The number of nitrogens with zero attached hydrogens (tertiary/aromatic N) is 2. The van der Waals surface area contributed by atoms with Crippen molar-refractivity contribution in [1.82, 2.24) is 9.55 Å². The fourth-order valence-corrected chi connectivity index (χ4v) is 4.54. The fourth-order valence-electron chi connectivity index (χ4n) is 4.54. The van der Waals surface area contributed by atoms with Gasteiger partial charge in [-0.3, -0.25) is 4.79 Å². The normalized spacial score (nSPS) is 23.5. The average molecular weight is 329 g/mol. The number of hydrogen-bond donors (Lipinski definition) is 2. The van der Waals surface area contributed by atoms with Crippen molar-refractivity contribution in [3.05, 3.63) is 23.3 Å². The second-order valence-electron chi connectivity index (χ2n) is 8.25. The van der Waals surface area contributed by atoms with Gasteiger partial charge in [-0.15, -0.1) is 0 Å². The molecule has 0 radical (unpaired) electrons. The molecule has 1 saturated carbocycles. The van der Waals surface area contributed by atoms with Gasteiger partial charge < -0.3 is 15.4 Å². The third-order valence-electron chi connectivity index (χ3n) is 5.25. The Kier molecular flexibility index (Phi) is 4.06. The van der Waals surface area contributed by atoms with Crippen molar-refractivity contribution in [1.29, 1.82) is 0 Å². The number of nitrogens with two attached hydrogens (primary N) is 1. The maximum Gasteiger partial charge on any atom is 0.307 e. The molecule has 1 aliphatic carbocycles. The highest BCUT2D eigenvalue weighted by Crippen LogP contribution is 2.45. The molecule has 130 valence electrons. The van der Waals surface area contributed by atoms with Crippen molar-refractivity contribution >= 4 is 23.0 Å². The van der Waals surface area contributed by atoms with E-state index in [0.717, 1.165) is 35.0 Å². The summed E-state index contributed by atoms with van der Waals surface area (Å²) in [5.41, 5.74) is 10.2. The number of imidazole rings is 1. The molecule has 5 heteroatoms. The van der Waals surface area contributed by atoms with Gasteiger partial charge in [0, 0.05) is 6.04 Å². The van der Waals surface area contributed by atoms with Crippen molar-refractivity contribution in [2.24, 2.45) is 11.3 Å². The highest BCUT2D eigenvalue weighted by Gasteiger charge is 2.34. The lowest BCUT2D eigenvalue weighted by atomic mass is 9.70. The molecule has 0 saturated heterocycles. The van der Waals surface area contributed by atoms with Crippen LogP contribution in [0.3, 0.4) is 0 Å². The molecule has 1 aliphatic rings. The van der Waals surface area contributed by atoms with E-state index in [4.69, 9.17) is 10.8 Å². The number of aromatic nitrogens is 2. The first-order valence-corrected chi connectivity index (χ1v) is 8.65. The summed E-state index contributed by atoms with van der Waals surface area (Å²) in [6.45, 7) is 8.90. The molecule has 24 heavy (non-hydrogen) atoms. The van der Waals surface area contributed by atoms with Gasteiger partial charge >= 0.3 is 5.97 Å². The zero-order chi connectivity index (χ0) is 17.6. The lowest BCUT2D eigenvalue weighted by molar-refractivity contribution is -0.136. The summed E-state index contributed by atoms with van der Waals surface area (Å²) in [5, 5.41) is 9.06. The standard InChI is InChI=1S/C19H27N3O2/c1-11-5-14(10-19(3,4)9-11)22-16-6-12(2)13(8-17(23)24)7-15(16)21-18(22)20/h6-7,11,14H,5,8-10H2,1-4H3,(H2,20,21)(H,23,24)/t11-,14+/m1/s1. The Balaban J connectivity index is 2.07. The molecule has 0 unspecified atom stereocenters. The lowest BCUT2D eigenvalue weighted by Crippen LogP contribution is -2.29. The fraction of sp³-hybridized carbons (Fsp3) is 0.579. The molecule has 1 heterocycles. The first-order valence-electron chi connectivity index (χ1n) is 8.65. The van der Waals surface area contributed by atoms with E-state index in [-0.39, 0.29) is 6.42 Å². The molecule has 3 rings (SSSR count). The Bertz CT molecular complexity index is 791. The van der Waals surface area contributed by atoms with E-state index in [2.05, 4.69) is 30.3 Å². The molecule has 2 atom stereocenters. The summed E-state index contributed by atoms with van der Waals surface area (Å²) in [6, 6.07) is 4.27. The molecule has 0 bridgehead atoms. The first-order chi connectivity index (χ1) is 11.2. The van der Waals surface area contributed by atoms with Crippen LogP contribution < -0.4 is 5.73 Å². The van der Waals surface area contributed by atoms with Crippen LogP contribution in [0.25, 0.3) is 11.0 Å². The van der Waals surface area contributed by atoms with Gasteiger partial charge in [-0.05, 0) is 60.8 Å². The van der Waals surface area contributed by atoms with Crippen molar-refractivity contribution in [2.75, 3.05) is 5.73 Å². The summed E-state index contributed by atoms with van der Waals surface area (Å²) in [4.78, 5) is 15.6. The van der Waals surface area contributed by atoms with Crippen LogP contribution in [-0.4, -0.2) is 20.6 Å². The maximum atomic E-state index is 11.0. The third kappa shape index (κ3) is 3.12. The molecule has 0 spiro atoms.